The van der Waals surface area contributed by atoms with Crippen LogP contribution in [0.5, 0.6) is 0 Å². The van der Waals surface area contributed by atoms with Crippen molar-refractivity contribution < 1.29 is 0 Å². The van der Waals surface area contributed by atoms with Gasteiger partial charge in [-0.2, -0.15) is 0 Å². The van der Waals surface area contributed by atoms with Gasteiger partial charge in [-0.25, -0.2) is 0 Å². The summed E-state index contributed by atoms with van der Waals surface area (Å²) in [5.74, 6) is 0. The number of para-hydroxylation sites is 2. The Morgan fingerprint density at radius 3 is 1.55 bits per heavy atom. The molecule has 7 aromatic rings. The molecule has 1 heteroatoms. The molecule has 40 heavy (non-hydrogen) atoms. The van der Waals surface area contributed by atoms with Gasteiger partial charge in [-0.1, -0.05) is 132 Å². The number of aryl methyl sites for hydroxylation is 2. The fourth-order valence-corrected chi connectivity index (χ4v) is 7.08. The van der Waals surface area contributed by atoms with Crippen LogP contribution >= 0.6 is 0 Å². The summed E-state index contributed by atoms with van der Waals surface area (Å²) >= 11 is 0. The molecule has 1 aliphatic rings. The molecule has 1 nitrogen and oxygen atoms in total. The van der Waals surface area contributed by atoms with Gasteiger partial charge >= 0.3 is 0 Å². The molecule has 0 unspecified atom stereocenters. The molecule has 0 amide bonds. The molecule has 190 valence electrons. The number of aromatic nitrogens is 1. The van der Waals surface area contributed by atoms with Crippen LogP contribution in [0.2, 0.25) is 0 Å². The largest absolute Gasteiger partial charge is 0.309 e. The van der Waals surface area contributed by atoms with Crippen LogP contribution < -0.4 is 0 Å². The third-order valence-corrected chi connectivity index (χ3v) is 8.83. The highest BCUT2D eigenvalue weighted by Crippen LogP contribution is 2.58. The zero-order valence-electron chi connectivity index (χ0n) is 22.7. The molecular weight excluding hydrogens is 482 g/mol. The van der Waals surface area contributed by atoms with Crippen molar-refractivity contribution in [1.29, 1.82) is 0 Å². The van der Waals surface area contributed by atoms with Crippen molar-refractivity contribution in [2.45, 2.75) is 19.3 Å². The van der Waals surface area contributed by atoms with Crippen molar-refractivity contribution in [1.82, 2.24) is 4.57 Å². The summed E-state index contributed by atoms with van der Waals surface area (Å²) in [5, 5.41) is 2.56. The van der Waals surface area contributed by atoms with E-state index in [2.05, 4.69) is 158 Å². The van der Waals surface area contributed by atoms with Crippen molar-refractivity contribution in [3.8, 4) is 16.8 Å². The Hall–Kier alpha value is -4.88. The SMILES string of the molecule is Cc1ccc(C2(c3ccc(C)cc3)c3ccccc3-c3cccc(-n4c5ccccc5c5ccccc54)c32)cc1. The number of nitrogens with zero attached hydrogens (tertiary/aromatic N) is 1. The van der Waals surface area contributed by atoms with E-state index in [1.807, 2.05) is 0 Å². The molecule has 0 fully saturated rings. The summed E-state index contributed by atoms with van der Waals surface area (Å²) < 4.78 is 2.49. The zero-order chi connectivity index (χ0) is 26.8. The number of hydrogen-bond acceptors (Lipinski definition) is 0. The van der Waals surface area contributed by atoms with E-state index in [1.54, 1.807) is 0 Å². The van der Waals surface area contributed by atoms with Crippen molar-refractivity contribution in [2.75, 3.05) is 0 Å². The summed E-state index contributed by atoms with van der Waals surface area (Å²) in [6.45, 7) is 4.34. The summed E-state index contributed by atoms with van der Waals surface area (Å²) in [6.07, 6.45) is 0. The molecular formula is C39H29N. The fraction of sp³-hybridized carbons (Fsp3) is 0.0769. The van der Waals surface area contributed by atoms with Gasteiger partial charge in [0.15, 0.2) is 0 Å². The predicted molar refractivity (Wildman–Crippen MR) is 168 cm³/mol. The summed E-state index contributed by atoms with van der Waals surface area (Å²) in [6, 6.07) is 51.9. The minimum Gasteiger partial charge on any atom is -0.309 e. The minimum atomic E-state index is -0.462. The van der Waals surface area contributed by atoms with Crippen LogP contribution in [0.3, 0.4) is 0 Å². The molecule has 0 saturated heterocycles. The second kappa shape index (κ2) is 8.56. The van der Waals surface area contributed by atoms with E-state index in [0.29, 0.717) is 0 Å². The molecule has 0 aliphatic heterocycles. The van der Waals surface area contributed by atoms with E-state index in [4.69, 9.17) is 0 Å². The third kappa shape index (κ3) is 3.03. The first-order valence-electron chi connectivity index (χ1n) is 14.0. The maximum absolute atomic E-state index is 2.49. The van der Waals surface area contributed by atoms with Gasteiger partial charge in [0.1, 0.15) is 0 Å². The number of fused-ring (bicyclic) bond motifs is 6. The average molecular weight is 512 g/mol. The molecule has 1 heterocycles. The number of benzene rings is 6. The van der Waals surface area contributed by atoms with Gasteiger partial charge in [0.2, 0.25) is 0 Å². The van der Waals surface area contributed by atoms with Crippen molar-refractivity contribution in [3.05, 3.63) is 173 Å². The molecule has 8 rings (SSSR count). The lowest BCUT2D eigenvalue weighted by molar-refractivity contribution is 0.761. The molecule has 0 N–H and O–H groups in total. The van der Waals surface area contributed by atoms with E-state index in [0.717, 1.165) is 0 Å². The highest BCUT2D eigenvalue weighted by atomic mass is 15.0. The second-order valence-electron chi connectivity index (χ2n) is 11.1. The smallest absolute Gasteiger partial charge is 0.0734 e. The van der Waals surface area contributed by atoms with Crippen LogP contribution in [-0.2, 0) is 5.41 Å². The molecule has 0 bridgehead atoms. The number of hydrogen-bond donors (Lipinski definition) is 0. The minimum absolute atomic E-state index is 0.462. The second-order valence-corrected chi connectivity index (χ2v) is 11.1. The van der Waals surface area contributed by atoms with Crippen LogP contribution in [-0.4, -0.2) is 4.57 Å². The third-order valence-electron chi connectivity index (χ3n) is 8.83. The fourth-order valence-electron chi connectivity index (χ4n) is 7.08. The maximum Gasteiger partial charge on any atom is 0.0734 e. The lowest BCUT2D eigenvalue weighted by Crippen LogP contribution is -2.30. The van der Waals surface area contributed by atoms with Crippen molar-refractivity contribution in [2.24, 2.45) is 0 Å². The summed E-state index contributed by atoms with van der Waals surface area (Å²) in [4.78, 5) is 0. The molecule has 0 atom stereocenters. The van der Waals surface area contributed by atoms with Gasteiger partial charge in [0.05, 0.1) is 22.1 Å². The van der Waals surface area contributed by atoms with Gasteiger partial charge < -0.3 is 4.57 Å². The standard InChI is InChI=1S/C39H29N/c1-26-18-22-28(23-19-26)39(29-24-20-27(2)21-25-29)34-14-6-3-10-30(34)33-13-9-17-37(38(33)39)40-35-15-7-4-11-31(35)32-12-5-8-16-36(32)40/h3-25H,1-2H3. The van der Waals surface area contributed by atoms with Gasteiger partial charge in [0, 0.05) is 16.3 Å². The Bertz CT molecular complexity index is 1960. The lowest BCUT2D eigenvalue weighted by Gasteiger charge is -2.35. The molecule has 0 radical (unpaired) electrons. The average Bonchev–Trinajstić information content (AvgIpc) is 3.50. The summed E-state index contributed by atoms with van der Waals surface area (Å²) in [5.41, 5.74) is 13.6. The van der Waals surface area contributed by atoms with E-state index >= 15 is 0 Å². The van der Waals surface area contributed by atoms with Crippen LogP contribution in [0.15, 0.2) is 140 Å². The normalized spacial score (nSPS) is 13.4. The van der Waals surface area contributed by atoms with Gasteiger partial charge in [-0.05, 0) is 59.9 Å². The maximum atomic E-state index is 2.49. The highest BCUT2D eigenvalue weighted by Gasteiger charge is 2.48. The first-order chi connectivity index (χ1) is 19.7. The van der Waals surface area contributed by atoms with Crippen LogP contribution in [0.4, 0.5) is 0 Å². The van der Waals surface area contributed by atoms with Crippen molar-refractivity contribution in [3.63, 3.8) is 0 Å². The van der Waals surface area contributed by atoms with E-state index < -0.39 is 5.41 Å². The Balaban J connectivity index is 1.59. The highest BCUT2D eigenvalue weighted by molar-refractivity contribution is 6.09. The van der Waals surface area contributed by atoms with E-state index in [-0.39, 0.29) is 0 Å². The zero-order valence-corrected chi connectivity index (χ0v) is 22.7. The first kappa shape index (κ1) is 23.0. The molecule has 6 aromatic carbocycles. The Morgan fingerprint density at radius 1 is 0.450 bits per heavy atom. The van der Waals surface area contributed by atoms with Gasteiger partial charge in [0.25, 0.3) is 0 Å². The lowest BCUT2D eigenvalue weighted by atomic mass is 9.67. The molecule has 0 saturated carbocycles. The Morgan fingerprint density at radius 2 is 0.950 bits per heavy atom. The van der Waals surface area contributed by atoms with Crippen LogP contribution in [0, 0.1) is 13.8 Å². The Labute approximate surface area is 235 Å². The Kier molecular flexibility index (Phi) is 4.93. The molecule has 1 aliphatic carbocycles. The van der Waals surface area contributed by atoms with E-state index in [9.17, 15) is 0 Å². The summed E-state index contributed by atoms with van der Waals surface area (Å²) in [7, 11) is 0. The first-order valence-corrected chi connectivity index (χ1v) is 14.0. The monoisotopic (exact) mass is 511 g/mol. The van der Waals surface area contributed by atoms with Gasteiger partial charge in [-0.3, -0.25) is 0 Å². The van der Waals surface area contributed by atoms with Crippen molar-refractivity contribution >= 4 is 21.8 Å². The van der Waals surface area contributed by atoms with Crippen LogP contribution in [0.25, 0.3) is 38.6 Å². The predicted octanol–water partition coefficient (Wildman–Crippen LogP) is 9.76. The van der Waals surface area contributed by atoms with E-state index in [1.165, 1.54) is 72.0 Å². The van der Waals surface area contributed by atoms with Crippen LogP contribution in [0.1, 0.15) is 33.4 Å². The molecule has 1 aromatic heterocycles. The molecule has 0 spiro atoms. The number of rotatable bonds is 3. The quantitative estimate of drug-likeness (QED) is 0.222. The van der Waals surface area contributed by atoms with Gasteiger partial charge in [-0.15, -0.1) is 0 Å². The topological polar surface area (TPSA) is 4.93 Å².